The van der Waals surface area contributed by atoms with Crippen LogP contribution in [0.15, 0.2) is 18.2 Å². The molecular weight excluding hydrogens is 242 g/mol. The number of Topliss-reactive ketones (excluding diaryl/α,β-unsaturated/α-hetero) is 1. The fourth-order valence-electron chi connectivity index (χ4n) is 1.50. The van der Waals surface area contributed by atoms with E-state index in [4.69, 9.17) is 5.73 Å². The Balaban J connectivity index is 2.77. The Morgan fingerprint density at radius 1 is 1.28 bits per heavy atom. The number of carbonyl (C=O) groups excluding carboxylic acids is 2. The molecule has 0 spiro atoms. The molecule has 0 aromatic heterocycles. The van der Waals surface area contributed by atoms with Crippen molar-refractivity contribution in [1.29, 1.82) is 0 Å². The van der Waals surface area contributed by atoms with E-state index in [2.05, 4.69) is 0 Å². The van der Waals surface area contributed by atoms with Crippen molar-refractivity contribution in [1.82, 2.24) is 4.90 Å². The van der Waals surface area contributed by atoms with Crippen molar-refractivity contribution >= 4 is 11.7 Å². The molecule has 18 heavy (non-hydrogen) atoms. The maximum Gasteiger partial charge on any atom is 0.231 e. The van der Waals surface area contributed by atoms with Crippen LogP contribution in [0.25, 0.3) is 0 Å². The molecule has 0 saturated heterocycles. The highest BCUT2D eigenvalue weighted by Crippen LogP contribution is 2.10. The van der Waals surface area contributed by atoms with Crippen LogP contribution in [-0.4, -0.2) is 36.2 Å². The van der Waals surface area contributed by atoms with Crippen molar-refractivity contribution in [3.63, 3.8) is 0 Å². The zero-order chi connectivity index (χ0) is 13.7. The summed E-state index contributed by atoms with van der Waals surface area (Å²) in [6, 6.07) is 2.75. The van der Waals surface area contributed by atoms with Gasteiger partial charge in [-0.05, 0) is 18.7 Å². The number of rotatable bonds is 6. The third kappa shape index (κ3) is 3.89. The Hall–Kier alpha value is -1.82. The lowest BCUT2D eigenvalue weighted by molar-refractivity contribution is -0.118. The molecule has 0 fully saturated rings. The fourth-order valence-corrected chi connectivity index (χ4v) is 1.50. The minimum absolute atomic E-state index is 0.0783. The van der Waals surface area contributed by atoms with Crippen LogP contribution < -0.4 is 5.73 Å². The summed E-state index contributed by atoms with van der Waals surface area (Å²) in [5, 5.41) is 0. The highest BCUT2D eigenvalue weighted by atomic mass is 19.1. The molecule has 1 aromatic rings. The van der Waals surface area contributed by atoms with Gasteiger partial charge in [0.15, 0.2) is 5.78 Å². The van der Waals surface area contributed by atoms with Crippen molar-refractivity contribution in [3.05, 3.63) is 35.4 Å². The summed E-state index contributed by atoms with van der Waals surface area (Å²) in [5.74, 6) is -2.73. The summed E-state index contributed by atoms with van der Waals surface area (Å²) in [6.45, 7) is 1.96. The molecule has 1 amide bonds. The molecular formula is C12H14F2N2O2. The van der Waals surface area contributed by atoms with Gasteiger partial charge in [-0.25, -0.2) is 8.78 Å². The minimum atomic E-state index is -0.907. The van der Waals surface area contributed by atoms with Gasteiger partial charge in [0.2, 0.25) is 5.91 Å². The van der Waals surface area contributed by atoms with Crippen molar-refractivity contribution in [2.45, 2.75) is 6.92 Å². The first kappa shape index (κ1) is 14.2. The normalized spacial score (nSPS) is 10.7. The Labute approximate surface area is 103 Å². The summed E-state index contributed by atoms with van der Waals surface area (Å²) >= 11 is 0. The number of likely N-dealkylation sites (N-methyl/N-ethyl adjacent to an activating group) is 1. The number of hydrogen-bond acceptors (Lipinski definition) is 3. The molecule has 0 aliphatic heterocycles. The van der Waals surface area contributed by atoms with E-state index in [0.29, 0.717) is 12.6 Å². The predicted molar refractivity (Wildman–Crippen MR) is 62.0 cm³/mol. The van der Waals surface area contributed by atoms with Gasteiger partial charge in [0.25, 0.3) is 0 Å². The number of primary amides is 1. The van der Waals surface area contributed by atoms with Gasteiger partial charge in [-0.2, -0.15) is 0 Å². The van der Waals surface area contributed by atoms with E-state index in [-0.39, 0.29) is 18.7 Å². The number of halogens is 2. The van der Waals surface area contributed by atoms with Crippen LogP contribution in [0.4, 0.5) is 8.78 Å². The SMILES string of the molecule is CCN(CC(N)=O)CC(=O)c1ccc(F)cc1F. The monoisotopic (exact) mass is 256 g/mol. The molecule has 0 aliphatic carbocycles. The van der Waals surface area contributed by atoms with E-state index in [1.807, 2.05) is 0 Å². The summed E-state index contributed by atoms with van der Waals surface area (Å²) in [4.78, 5) is 24.0. The molecule has 0 atom stereocenters. The zero-order valence-electron chi connectivity index (χ0n) is 9.95. The first-order valence-electron chi connectivity index (χ1n) is 5.43. The lowest BCUT2D eigenvalue weighted by atomic mass is 10.1. The number of nitrogens with zero attached hydrogens (tertiary/aromatic N) is 1. The quantitative estimate of drug-likeness (QED) is 0.771. The fraction of sp³-hybridized carbons (Fsp3) is 0.333. The number of nitrogens with two attached hydrogens (primary N) is 1. The third-order valence-corrected chi connectivity index (χ3v) is 2.43. The average molecular weight is 256 g/mol. The Morgan fingerprint density at radius 2 is 1.94 bits per heavy atom. The smallest absolute Gasteiger partial charge is 0.231 e. The molecule has 0 unspecified atom stereocenters. The maximum absolute atomic E-state index is 13.3. The Bertz CT molecular complexity index is 463. The van der Waals surface area contributed by atoms with Crippen LogP contribution in [0.1, 0.15) is 17.3 Å². The van der Waals surface area contributed by atoms with Crippen LogP contribution in [0.2, 0.25) is 0 Å². The molecule has 0 aliphatic rings. The van der Waals surface area contributed by atoms with Crippen LogP contribution in [-0.2, 0) is 4.79 Å². The third-order valence-electron chi connectivity index (χ3n) is 2.43. The molecule has 6 heteroatoms. The van der Waals surface area contributed by atoms with E-state index in [9.17, 15) is 18.4 Å². The number of carbonyl (C=O) groups is 2. The molecule has 0 heterocycles. The Kier molecular flexibility index (Phi) is 4.91. The first-order chi connectivity index (χ1) is 8.43. The summed E-state index contributed by atoms with van der Waals surface area (Å²) in [7, 11) is 0. The molecule has 0 saturated carbocycles. The van der Waals surface area contributed by atoms with E-state index >= 15 is 0 Å². The molecule has 0 radical (unpaired) electrons. The summed E-state index contributed by atoms with van der Waals surface area (Å²) < 4.78 is 26.0. The van der Waals surface area contributed by atoms with Gasteiger partial charge in [0, 0.05) is 6.07 Å². The maximum atomic E-state index is 13.3. The lowest BCUT2D eigenvalue weighted by Crippen LogP contribution is -2.37. The molecule has 98 valence electrons. The van der Waals surface area contributed by atoms with E-state index in [0.717, 1.165) is 12.1 Å². The topological polar surface area (TPSA) is 63.4 Å². The van der Waals surface area contributed by atoms with Gasteiger partial charge in [-0.3, -0.25) is 14.5 Å². The minimum Gasteiger partial charge on any atom is -0.369 e. The van der Waals surface area contributed by atoms with E-state index in [1.165, 1.54) is 4.90 Å². The lowest BCUT2D eigenvalue weighted by Gasteiger charge is -2.17. The van der Waals surface area contributed by atoms with Gasteiger partial charge in [0.05, 0.1) is 18.7 Å². The molecule has 1 rings (SSSR count). The number of benzene rings is 1. The predicted octanol–water partition coefficient (Wildman–Crippen LogP) is 0.955. The molecule has 1 aromatic carbocycles. The van der Waals surface area contributed by atoms with Crippen molar-refractivity contribution in [3.8, 4) is 0 Å². The second-order valence-corrected chi connectivity index (χ2v) is 3.82. The summed E-state index contributed by atoms with van der Waals surface area (Å²) in [5.41, 5.74) is 4.82. The van der Waals surface area contributed by atoms with Crippen LogP contribution in [0, 0.1) is 11.6 Å². The Morgan fingerprint density at radius 3 is 2.44 bits per heavy atom. The molecule has 4 nitrogen and oxygen atoms in total. The van der Waals surface area contributed by atoms with Crippen molar-refractivity contribution in [2.24, 2.45) is 5.73 Å². The van der Waals surface area contributed by atoms with Gasteiger partial charge >= 0.3 is 0 Å². The van der Waals surface area contributed by atoms with E-state index < -0.39 is 23.3 Å². The van der Waals surface area contributed by atoms with Gasteiger partial charge < -0.3 is 5.73 Å². The van der Waals surface area contributed by atoms with E-state index in [1.54, 1.807) is 6.92 Å². The molecule has 2 N–H and O–H groups in total. The highest BCUT2D eigenvalue weighted by molar-refractivity contribution is 5.98. The number of hydrogen-bond donors (Lipinski definition) is 1. The zero-order valence-corrected chi connectivity index (χ0v) is 9.95. The van der Waals surface area contributed by atoms with Gasteiger partial charge in [-0.1, -0.05) is 6.92 Å². The second-order valence-electron chi connectivity index (χ2n) is 3.82. The second kappa shape index (κ2) is 6.20. The largest absolute Gasteiger partial charge is 0.369 e. The summed E-state index contributed by atoms with van der Waals surface area (Å²) in [6.07, 6.45) is 0. The number of ketones is 1. The van der Waals surface area contributed by atoms with Crippen LogP contribution >= 0.6 is 0 Å². The van der Waals surface area contributed by atoms with Crippen LogP contribution in [0.5, 0.6) is 0 Å². The highest BCUT2D eigenvalue weighted by Gasteiger charge is 2.16. The van der Waals surface area contributed by atoms with Gasteiger partial charge in [0.1, 0.15) is 11.6 Å². The van der Waals surface area contributed by atoms with Gasteiger partial charge in [-0.15, -0.1) is 0 Å². The van der Waals surface area contributed by atoms with Crippen molar-refractivity contribution in [2.75, 3.05) is 19.6 Å². The van der Waals surface area contributed by atoms with Crippen LogP contribution in [0.3, 0.4) is 0 Å². The van der Waals surface area contributed by atoms with Crippen molar-refractivity contribution < 1.29 is 18.4 Å². The number of amides is 1. The standard InChI is InChI=1S/C12H14F2N2O2/c1-2-16(7-12(15)18)6-11(17)9-4-3-8(13)5-10(9)14/h3-5H,2,6-7H2,1H3,(H2,15,18). The molecule has 0 bridgehead atoms. The first-order valence-corrected chi connectivity index (χ1v) is 5.43. The average Bonchev–Trinajstić information content (AvgIpc) is 2.27.